The zero-order valence-electron chi connectivity index (χ0n) is 8.70. The van der Waals surface area contributed by atoms with Crippen molar-refractivity contribution in [3.05, 3.63) is 35.4 Å². The van der Waals surface area contributed by atoms with E-state index in [1.54, 1.807) is 0 Å². The monoisotopic (exact) mass is 188 g/mol. The Morgan fingerprint density at radius 3 is 2.29 bits per heavy atom. The van der Waals surface area contributed by atoms with E-state index in [4.69, 9.17) is 11.0 Å². The fraction of sp³-hybridized carbons (Fsp3) is 0.417. The van der Waals surface area contributed by atoms with Crippen molar-refractivity contribution >= 4 is 0 Å². The first-order chi connectivity index (χ1) is 6.63. The van der Waals surface area contributed by atoms with Crippen LogP contribution in [0.3, 0.4) is 0 Å². The number of hydrogen-bond acceptors (Lipinski definition) is 2. The summed E-state index contributed by atoms with van der Waals surface area (Å²) in [6.45, 7) is 4.33. The number of rotatable bonds is 3. The molecule has 1 rings (SSSR count). The highest BCUT2D eigenvalue weighted by atomic mass is 14.6. The summed E-state index contributed by atoms with van der Waals surface area (Å²) in [4.78, 5) is 0. The van der Waals surface area contributed by atoms with Crippen LogP contribution in [-0.2, 0) is 6.42 Å². The molecule has 14 heavy (non-hydrogen) atoms. The SMILES string of the molecule is CC(C)c1ccc(CC(N)C#N)cc1. The maximum absolute atomic E-state index is 8.56. The molecule has 1 atom stereocenters. The molecule has 0 heterocycles. The Balaban J connectivity index is 2.70. The molecule has 0 saturated heterocycles. The van der Waals surface area contributed by atoms with Gasteiger partial charge in [-0.15, -0.1) is 0 Å². The van der Waals surface area contributed by atoms with Gasteiger partial charge in [0.25, 0.3) is 0 Å². The molecule has 0 bridgehead atoms. The fourth-order valence-electron chi connectivity index (χ4n) is 1.34. The van der Waals surface area contributed by atoms with Crippen molar-refractivity contribution in [1.82, 2.24) is 0 Å². The molecule has 0 aliphatic rings. The largest absolute Gasteiger partial charge is 0.316 e. The highest BCUT2D eigenvalue weighted by molar-refractivity contribution is 5.25. The van der Waals surface area contributed by atoms with Crippen molar-refractivity contribution in [1.29, 1.82) is 5.26 Å². The fourth-order valence-corrected chi connectivity index (χ4v) is 1.34. The lowest BCUT2D eigenvalue weighted by Gasteiger charge is -2.07. The lowest BCUT2D eigenvalue weighted by atomic mass is 9.99. The third kappa shape index (κ3) is 2.86. The van der Waals surface area contributed by atoms with Gasteiger partial charge in [0.2, 0.25) is 0 Å². The van der Waals surface area contributed by atoms with Gasteiger partial charge in [0.05, 0.1) is 12.1 Å². The molecule has 0 aliphatic carbocycles. The van der Waals surface area contributed by atoms with Crippen LogP contribution in [-0.4, -0.2) is 6.04 Å². The van der Waals surface area contributed by atoms with Crippen LogP contribution in [0.2, 0.25) is 0 Å². The lowest BCUT2D eigenvalue weighted by molar-refractivity contribution is 0.818. The Hall–Kier alpha value is -1.33. The smallest absolute Gasteiger partial charge is 0.0968 e. The summed E-state index contributed by atoms with van der Waals surface area (Å²) in [5, 5.41) is 8.56. The van der Waals surface area contributed by atoms with Crippen LogP contribution in [0.25, 0.3) is 0 Å². The minimum atomic E-state index is -0.389. The average molecular weight is 188 g/mol. The van der Waals surface area contributed by atoms with Gasteiger partial charge in [-0.25, -0.2) is 0 Å². The number of benzene rings is 1. The molecular formula is C12H16N2. The number of hydrogen-bond donors (Lipinski definition) is 1. The number of nitriles is 1. The van der Waals surface area contributed by atoms with Crippen LogP contribution in [0.5, 0.6) is 0 Å². The first-order valence-corrected chi connectivity index (χ1v) is 4.87. The van der Waals surface area contributed by atoms with Crippen molar-refractivity contribution in [2.75, 3.05) is 0 Å². The summed E-state index contributed by atoms with van der Waals surface area (Å²) in [6.07, 6.45) is 0.634. The topological polar surface area (TPSA) is 49.8 Å². The van der Waals surface area contributed by atoms with Gasteiger partial charge in [-0.1, -0.05) is 38.1 Å². The van der Waals surface area contributed by atoms with E-state index in [1.165, 1.54) is 5.56 Å². The molecule has 0 aliphatic heterocycles. The predicted molar refractivity (Wildman–Crippen MR) is 57.8 cm³/mol. The molecule has 0 radical (unpaired) electrons. The summed E-state index contributed by atoms with van der Waals surface area (Å²) >= 11 is 0. The van der Waals surface area contributed by atoms with Gasteiger partial charge in [0, 0.05) is 6.42 Å². The van der Waals surface area contributed by atoms with Crippen molar-refractivity contribution < 1.29 is 0 Å². The summed E-state index contributed by atoms with van der Waals surface area (Å²) in [5.74, 6) is 0.550. The Labute approximate surface area is 85.4 Å². The van der Waals surface area contributed by atoms with Gasteiger partial charge in [-0.2, -0.15) is 5.26 Å². The van der Waals surface area contributed by atoms with E-state index in [1.807, 2.05) is 18.2 Å². The van der Waals surface area contributed by atoms with Crippen molar-refractivity contribution in [3.63, 3.8) is 0 Å². The maximum Gasteiger partial charge on any atom is 0.0968 e. The van der Waals surface area contributed by atoms with E-state index in [2.05, 4.69) is 26.0 Å². The zero-order valence-corrected chi connectivity index (χ0v) is 8.70. The van der Waals surface area contributed by atoms with Gasteiger partial charge in [0.1, 0.15) is 0 Å². The van der Waals surface area contributed by atoms with E-state index in [9.17, 15) is 0 Å². The van der Waals surface area contributed by atoms with Gasteiger partial charge < -0.3 is 5.73 Å². The second kappa shape index (κ2) is 4.78. The molecule has 1 unspecified atom stereocenters. The van der Waals surface area contributed by atoms with Crippen LogP contribution in [0.1, 0.15) is 30.9 Å². The average Bonchev–Trinajstić information content (AvgIpc) is 2.18. The molecule has 0 amide bonds. The summed E-state index contributed by atoms with van der Waals surface area (Å²) in [5.41, 5.74) is 7.99. The molecule has 0 fully saturated rings. The first-order valence-electron chi connectivity index (χ1n) is 4.87. The van der Waals surface area contributed by atoms with E-state index in [0.29, 0.717) is 12.3 Å². The molecule has 0 saturated carbocycles. The number of nitrogens with two attached hydrogens (primary N) is 1. The van der Waals surface area contributed by atoms with Gasteiger partial charge in [0.15, 0.2) is 0 Å². The molecular weight excluding hydrogens is 172 g/mol. The second-order valence-electron chi connectivity index (χ2n) is 3.84. The van der Waals surface area contributed by atoms with Crippen LogP contribution < -0.4 is 5.73 Å². The van der Waals surface area contributed by atoms with Gasteiger partial charge >= 0.3 is 0 Å². The van der Waals surface area contributed by atoms with Crippen molar-refractivity contribution in [2.45, 2.75) is 32.2 Å². The summed E-state index contributed by atoms with van der Waals surface area (Å²) in [6, 6.07) is 9.94. The molecule has 2 N–H and O–H groups in total. The van der Waals surface area contributed by atoms with Crippen LogP contribution >= 0.6 is 0 Å². The van der Waals surface area contributed by atoms with E-state index in [-0.39, 0.29) is 6.04 Å². The van der Waals surface area contributed by atoms with Gasteiger partial charge in [-0.05, 0) is 17.0 Å². The molecule has 0 spiro atoms. The van der Waals surface area contributed by atoms with E-state index in [0.717, 1.165) is 5.56 Å². The zero-order chi connectivity index (χ0) is 10.6. The molecule has 0 aromatic heterocycles. The molecule has 1 aromatic carbocycles. The quantitative estimate of drug-likeness (QED) is 0.790. The number of nitrogens with zero attached hydrogens (tertiary/aromatic N) is 1. The normalized spacial score (nSPS) is 12.5. The van der Waals surface area contributed by atoms with E-state index >= 15 is 0 Å². The Bertz CT molecular complexity index is 319. The first kappa shape index (κ1) is 10.7. The molecule has 2 nitrogen and oxygen atoms in total. The van der Waals surface area contributed by atoms with E-state index < -0.39 is 0 Å². The van der Waals surface area contributed by atoms with Crippen LogP contribution in [0, 0.1) is 11.3 Å². The molecule has 74 valence electrons. The Morgan fingerprint density at radius 2 is 1.86 bits per heavy atom. The highest BCUT2D eigenvalue weighted by Gasteiger charge is 2.03. The van der Waals surface area contributed by atoms with Gasteiger partial charge in [-0.3, -0.25) is 0 Å². The summed E-state index contributed by atoms with van der Waals surface area (Å²) in [7, 11) is 0. The Kier molecular flexibility index (Phi) is 3.67. The minimum Gasteiger partial charge on any atom is -0.316 e. The summed E-state index contributed by atoms with van der Waals surface area (Å²) < 4.78 is 0. The third-order valence-corrected chi connectivity index (χ3v) is 2.27. The second-order valence-corrected chi connectivity index (χ2v) is 3.84. The minimum absolute atomic E-state index is 0.389. The van der Waals surface area contributed by atoms with Crippen LogP contribution in [0.15, 0.2) is 24.3 Å². The molecule has 2 heteroatoms. The third-order valence-electron chi connectivity index (χ3n) is 2.27. The van der Waals surface area contributed by atoms with Crippen LogP contribution in [0.4, 0.5) is 0 Å². The van der Waals surface area contributed by atoms with Crippen molar-refractivity contribution in [2.24, 2.45) is 5.73 Å². The predicted octanol–water partition coefficient (Wildman–Crippen LogP) is 2.20. The van der Waals surface area contributed by atoms with Crippen molar-refractivity contribution in [3.8, 4) is 6.07 Å². The molecule has 1 aromatic rings. The Morgan fingerprint density at radius 1 is 1.29 bits per heavy atom. The maximum atomic E-state index is 8.56. The highest BCUT2D eigenvalue weighted by Crippen LogP contribution is 2.15. The lowest BCUT2D eigenvalue weighted by Crippen LogP contribution is -2.19. The standard InChI is InChI=1S/C12H16N2/c1-9(2)11-5-3-10(4-6-11)7-12(14)8-13/h3-6,9,12H,7,14H2,1-2H3.